The summed E-state index contributed by atoms with van der Waals surface area (Å²) in [4.78, 5) is 0. The number of alkyl halides is 3. The highest BCUT2D eigenvalue weighted by atomic mass is 35.5. The van der Waals surface area contributed by atoms with Crippen molar-refractivity contribution in [3.63, 3.8) is 0 Å². The summed E-state index contributed by atoms with van der Waals surface area (Å²) in [5.74, 6) is 0. The van der Waals surface area contributed by atoms with E-state index in [9.17, 15) is 26.9 Å². The van der Waals surface area contributed by atoms with E-state index in [1.165, 1.54) is 0 Å². The molecular formula is C14H9Cl3F3N3O2S. The normalized spacial score (nSPS) is 12.1. The second-order valence-electron chi connectivity index (χ2n) is 5.24. The number of nitriles is 1. The molecule has 5 nitrogen and oxygen atoms in total. The summed E-state index contributed by atoms with van der Waals surface area (Å²) in [6, 6.07) is 3.91. The molecule has 0 aliphatic rings. The highest BCUT2D eigenvalue weighted by Gasteiger charge is 2.40. The van der Waals surface area contributed by atoms with Gasteiger partial charge in [0.1, 0.15) is 17.5 Å². The van der Waals surface area contributed by atoms with Crippen molar-refractivity contribution in [2.75, 3.05) is 11.0 Å². The maximum Gasteiger partial charge on any atom is 0.432 e. The molecule has 2 rings (SSSR count). The van der Waals surface area contributed by atoms with E-state index in [0.29, 0.717) is 4.57 Å². The summed E-state index contributed by atoms with van der Waals surface area (Å²) in [6.07, 6.45) is -3.95. The largest absolute Gasteiger partial charge is 0.432 e. The number of nitrogens with one attached hydrogen (secondary N) is 1. The van der Waals surface area contributed by atoms with Crippen LogP contribution < -0.4 is 4.72 Å². The first-order chi connectivity index (χ1) is 11.8. The highest BCUT2D eigenvalue weighted by molar-refractivity contribution is 7.92. The Hall–Kier alpha value is -1.60. The minimum atomic E-state index is -4.82. The van der Waals surface area contributed by atoms with Crippen molar-refractivity contribution in [2.24, 2.45) is 7.05 Å². The Kier molecular flexibility index (Phi) is 5.46. The lowest BCUT2D eigenvalue weighted by Gasteiger charge is -2.11. The number of nitrogens with zero attached hydrogens (tertiary/aromatic N) is 2. The molecule has 0 radical (unpaired) electrons. The zero-order chi connectivity index (χ0) is 20.0. The minimum absolute atomic E-state index is 0.0742. The summed E-state index contributed by atoms with van der Waals surface area (Å²) in [5, 5.41) is 8.37. The molecule has 0 bridgehead atoms. The van der Waals surface area contributed by atoms with Gasteiger partial charge < -0.3 is 4.57 Å². The first kappa shape index (κ1) is 20.7. The molecule has 1 aromatic heterocycles. The third-order valence-electron chi connectivity index (χ3n) is 3.33. The van der Waals surface area contributed by atoms with Gasteiger partial charge >= 0.3 is 6.18 Å². The first-order valence-electron chi connectivity index (χ1n) is 6.60. The van der Waals surface area contributed by atoms with Crippen LogP contribution in [0, 0.1) is 11.3 Å². The van der Waals surface area contributed by atoms with Gasteiger partial charge in [0.05, 0.1) is 27.0 Å². The quantitative estimate of drug-likeness (QED) is 0.727. The lowest BCUT2D eigenvalue weighted by atomic mass is 10.0. The smallest absolute Gasteiger partial charge is 0.330 e. The lowest BCUT2D eigenvalue weighted by molar-refractivity contribution is -0.143. The second kappa shape index (κ2) is 6.85. The Bertz CT molecular complexity index is 1040. The van der Waals surface area contributed by atoms with Gasteiger partial charge in [0.15, 0.2) is 0 Å². The third kappa shape index (κ3) is 3.88. The molecule has 0 atom stereocenters. The van der Waals surface area contributed by atoms with Gasteiger partial charge in [-0.25, -0.2) is 8.42 Å². The van der Waals surface area contributed by atoms with Crippen LogP contribution >= 0.6 is 34.8 Å². The van der Waals surface area contributed by atoms with Gasteiger partial charge in [-0.1, -0.05) is 34.8 Å². The van der Waals surface area contributed by atoms with Crippen LogP contribution in [0.2, 0.25) is 15.1 Å². The van der Waals surface area contributed by atoms with Crippen molar-refractivity contribution in [3.05, 3.63) is 38.6 Å². The van der Waals surface area contributed by atoms with E-state index in [4.69, 9.17) is 34.8 Å². The molecule has 0 aliphatic heterocycles. The van der Waals surface area contributed by atoms with Gasteiger partial charge in [0, 0.05) is 18.2 Å². The Morgan fingerprint density at radius 1 is 1.19 bits per heavy atom. The van der Waals surface area contributed by atoms with Gasteiger partial charge in [-0.05, 0) is 12.1 Å². The zero-order valence-electron chi connectivity index (χ0n) is 13.0. The summed E-state index contributed by atoms with van der Waals surface area (Å²) in [6.45, 7) is 0. The van der Waals surface area contributed by atoms with Gasteiger partial charge in [0.25, 0.3) is 0 Å². The number of rotatable bonds is 3. The van der Waals surface area contributed by atoms with E-state index < -0.39 is 32.6 Å². The van der Waals surface area contributed by atoms with Crippen molar-refractivity contribution in [3.8, 4) is 17.2 Å². The first-order valence-corrected chi connectivity index (χ1v) is 9.63. The average molecular weight is 447 g/mol. The van der Waals surface area contributed by atoms with Crippen LogP contribution in [0.5, 0.6) is 0 Å². The molecule has 0 amide bonds. The molecule has 0 fully saturated rings. The molecule has 140 valence electrons. The maximum absolute atomic E-state index is 13.3. The monoisotopic (exact) mass is 445 g/mol. The fourth-order valence-electron chi connectivity index (χ4n) is 2.36. The van der Waals surface area contributed by atoms with Crippen LogP contribution in [-0.2, 0) is 23.2 Å². The van der Waals surface area contributed by atoms with Gasteiger partial charge in [-0.2, -0.15) is 18.4 Å². The van der Waals surface area contributed by atoms with Crippen molar-refractivity contribution >= 4 is 50.5 Å². The van der Waals surface area contributed by atoms with Crippen LogP contribution in [0.1, 0.15) is 11.4 Å². The number of sulfonamides is 1. The maximum atomic E-state index is 13.3. The van der Waals surface area contributed by atoms with E-state index in [2.05, 4.69) is 4.72 Å². The van der Waals surface area contributed by atoms with E-state index in [-0.39, 0.29) is 26.9 Å². The molecule has 0 saturated carbocycles. The molecule has 0 spiro atoms. The van der Waals surface area contributed by atoms with E-state index in [1.807, 2.05) is 0 Å². The van der Waals surface area contributed by atoms with Crippen LogP contribution in [0.3, 0.4) is 0 Å². The molecule has 0 aliphatic carbocycles. The predicted molar refractivity (Wildman–Crippen MR) is 94.1 cm³/mol. The van der Waals surface area contributed by atoms with Crippen LogP contribution in [0.15, 0.2) is 12.1 Å². The summed E-state index contributed by atoms with van der Waals surface area (Å²) in [5.41, 5.74) is -2.09. The van der Waals surface area contributed by atoms with E-state index >= 15 is 0 Å². The van der Waals surface area contributed by atoms with Crippen LogP contribution in [-0.4, -0.2) is 19.2 Å². The van der Waals surface area contributed by atoms with Crippen molar-refractivity contribution in [1.29, 1.82) is 5.26 Å². The van der Waals surface area contributed by atoms with Gasteiger partial charge in [-0.15, -0.1) is 0 Å². The summed E-state index contributed by atoms with van der Waals surface area (Å²) >= 11 is 17.9. The number of anilines is 1. The fraction of sp³-hybridized carbons (Fsp3) is 0.214. The van der Waals surface area contributed by atoms with Crippen molar-refractivity contribution in [1.82, 2.24) is 4.57 Å². The number of benzene rings is 1. The number of hydrogen-bond donors (Lipinski definition) is 1. The third-order valence-corrected chi connectivity index (χ3v) is 4.91. The van der Waals surface area contributed by atoms with Crippen molar-refractivity contribution < 1.29 is 21.6 Å². The topological polar surface area (TPSA) is 74.9 Å². The highest BCUT2D eigenvalue weighted by Crippen LogP contribution is 2.46. The SMILES string of the molecule is Cn1c(C#N)c(-c2cc(NS(C)(=O)=O)c(Cl)cc2Cl)c(Cl)c1C(F)(F)F. The molecule has 1 heterocycles. The Morgan fingerprint density at radius 3 is 2.23 bits per heavy atom. The molecule has 0 saturated heterocycles. The zero-order valence-corrected chi connectivity index (χ0v) is 16.1. The standard InChI is InChI=1S/C14H9Cl3F3N3O2S/c1-23-10(5-21)11(12(17)13(23)14(18,19)20)6-3-9(22-26(2,24)25)8(16)4-7(6)15/h3-4,22H,1-2H3. The molecule has 1 N–H and O–H groups in total. The number of hydrogen-bond acceptors (Lipinski definition) is 3. The molecular weight excluding hydrogens is 438 g/mol. The number of halogens is 6. The molecule has 2 aromatic rings. The predicted octanol–water partition coefficient (Wildman–Crippen LogP) is 4.91. The Balaban J connectivity index is 2.85. The fourth-order valence-corrected chi connectivity index (χ4v) is 3.93. The van der Waals surface area contributed by atoms with Gasteiger partial charge in [-0.3, -0.25) is 4.72 Å². The van der Waals surface area contributed by atoms with E-state index in [0.717, 1.165) is 25.4 Å². The average Bonchev–Trinajstić information content (AvgIpc) is 2.70. The minimum Gasteiger partial charge on any atom is -0.330 e. The molecule has 12 heteroatoms. The molecule has 1 aromatic carbocycles. The summed E-state index contributed by atoms with van der Waals surface area (Å²) < 4.78 is 65.4. The van der Waals surface area contributed by atoms with Crippen LogP contribution in [0.4, 0.5) is 18.9 Å². The molecule has 26 heavy (non-hydrogen) atoms. The lowest BCUT2D eigenvalue weighted by Crippen LogP contribution is -2.12. The van der Waals surface area contributed by atoms with Gasteiger partial charge in [0.2, 0.25) is 10.0 Å². The number of aromatic nitrogens is 1. The van der Waals surface area contributed by atoms with Crippen LogP contribution in [0.25, 0.3) is 11.1 Å². The van der Waals surface area contributed by atoms with Crippen molar-refractivity contribution in [2.45, 2.75) is 6.18 Å². The Morgan fingerprint density at radius 2 is 1.77 bits per heavy atom. The second-order valence-corrected chi connectivity index (χ2v) is 8.18. The summed E-state index contributed by atoms with van der Waals surface area (Å²) in [7, 11) is -2.69. The Labute approximate surface area is 161 Å². The van der Waals surface area contributed by atoms with E-state index in [1.54, 1.807) is 6.07 Å². The molecule has 0 unspecified atom stereocenters.